The molecule has 1 saturated heterocycles. The highest BCUT2D eigenvalue weighted by Gasteiger charge is 2.25. The van der Waals surface area contributed by atoms with E-state index in [0.717, 1.165) is 12.1 Å². The van der Waals surface area contributed by atoms with Crippen LogP contribution in [0.3, 0.4) is 0 Å². The molecular formula is C13H13F2N3O2S. The van der Waals surface area contributed by atoms with Crippen molar-refractivity contribution < 1.29 is 17.2 Å². The van der Waals surface area contributed by atoms with E-state index in [4.69, 9.17) is 0 Å². The molecule has 21 heavy (non-hydrogen) atoms. The second-order valence-electron chi connectivity index (χ2n) is 5.10. The van der Waals surface area contributed by atoms with Gasteiger partial charge in [-0.05, 0) is 18.9 Å². The zero-order chi connectivity index (χ0) is 15.0. The average Bonchev–Trinajstić information content (AvgIpc) is 2.40. The summed E-state index contributed by atoms with van der Waals surface area (Å²) >= 11 is 0. The quantitative estimate of drug-likeness (QED) is 0.917. The molecule has 2 aromatic rings. The molecule has 0 spiro atoms. The second kappa shape index (κ2) is 5.18. The highest BCUT2D eigenvalue weighted by molar-refractivity contribution is 7.91. The van der Waals surface area contributed by atoms with Crippen molar-refractivity contribution in [1.29, 1.82) is 0 Å². The van der Waals surface area contributed by atoms with Gasteiger partial charge in [0.15, 0.2) is 21.5 Å². The molecule has 1 aliphatic heterocycles. The summed E-state index contributed by atoms with van der Waals surface area (Å²) in [5.41, 5.74) is 0.269. The van der Waals surface area contributed by atoms with Crippen LogP contribution in [0.2, 0.25) is 0 Å². The van der Waals surface area contributed by atoms with E-state index in [1.807, 2.05) is 0 Å². The van der Waals surface area contributed by atoms with Crippen LogP contribution in [0.1, 0.15) is 12.8 Å². The van der Waals surface area contributed by atoms with Gasteiger partial charge in [-0.2, -0.15) is 0 Å². The normalized spacial score (nSPS) is 21.3. The third kappa shape index (κ3) is 2.94. The first-order valence-corrected chi connectivity index (χ1v) is 8.33. The maximum Gasteiger partial charge on any atom is 0.161 e. The molecule has 1 atom stereocenters. The topological polar surface area (TPSA) is 72.0 Å². The zero-order valence-electron chi connectivity index (χ0n) is 11.0. The minimum atomic E-state index is -3.06. The van der Waals surface area contributed by atoms with Gasteiger partial charge in [-0.1, -0.05) is 0 Å². The number of halogens is 2. The van der Waals surface area contributed by atoms with E-state index in [1.165, 1.54) is 6.33 Å². The Balaban J connectivity index is 1.95. The van der Waals surface area contributed by atoms with Crippen LogP contribution in [0.15, 0.2) is 18.5 Å². The van der Waals surface area contributed by atoms with E-state index in [0.29, 0.717) is 24.0 Å². The molecule has 0 aliphatic carbocycles. The molecule has 0 bridgehead atoms. The van der Waals surface area contributed by atoms with Gasteiger partial charge in [0.1, 0.15) is 12.1 Å². The Labute approximate surface area is 120 Å². The number of benzene rings is 1. The summed E-state index contributed by atoms with van der Waals surface area (Å²) < 4.78 is 49.8. The predicted molar refractivity (Wildman–Crippen MR) is 74.8 cm³/mol. The van der Waals surface area contributed by atoms with Crippen LogP contribution in [0.5, 0.6) is 0 Å². The summed E-state index contributed by atoms with van der Waals surface area (Å²) in [6, 6.07) is 1.73. The van der Waals surface area contributed by atoms with Gasteiger partial charge in [0, 0.05) is 17.5 Å². The lowest BCUT2D eigenvalue weighted by atomic mass is 10.1. The lowest BCUT2D eigenvalue weighted by molar-refractivity contribution is 0.510. The van der Waals surface area contributed by atoms with Gasteiger partial charge in [0.2, 0.25) is 0 Å². The number of nitrogens with one attached hydrogen (secondary N) is 1. The largest absolute Gasteiger partial charge is 0.366 e. The van der Waals surface area contributed by atoms with Gasteiger partial charge in [-0.3, -0.25) is 0 Å². The summed E-state index contributed by atoms with van der Waals surface area (Å²) in [5, 5.41) is 3.34. The highest BCUT2D eigenvalue weighted by atomic mass is 32.2. The number of aromatic nitrogens is 2. The van der Waals surface area contributed by atoms with E-state index in [2.05, 4.69) is 15.3 Å². The molecule has 0 radical (unpaired) electrons. The van der Waals surface area contributed by atoms with Crippen molar-refractivity contribution in [1.82, 2.24) is 9.97 Å². The van der Waals surface area contributed by atoms with E-state index < -0.39 is 21.5 Å². The predicted octanol–water partition coefficient (Wildman–Crippen LogP) is 1.90. The van der Waals surface area contributed by atoms with Crippen LogP contribution < -0.4 is 5.32 Å². The van der Waals surface area contributed by atoms with Crippen LogP contribution in [0, 0.1) is 11.6 Å². The number of sulfone groups is 1. The molecule has 1 fully saturated rings. The van der Waals surface area contributed by atoms with E-state index in [-0.39, 0.29) is 23.1 Å². The van der Waals surface area contributed by atoms with Crippen LogP contribution in [-0.2, 0) is 9.84 Å². The van der Waals surface area contributed by atoms with Crippen molar-refractivity contribution >= 4 is 26.6 Å². The number of fused-ring (bicyclic) bond motifs is 1. The Kier molecular flexibility index (Phi) is 3.48. The molecule has 0 unspecified atom stereocenters. The molecule has 8 heteroatoms. The number of nitrogens with zero attached hydrogens (tertiary/aromatic N) is 2. The minimum absolute atomic E-state index is 0.0160. The number of hydrogen-bond acceptors (Lipinski definition) is 5. The molecule has 1 aromatic carbocycles. The Morgan fingerprint density at radius 3 is 2.71 bits per heavy atom. The Morgan fingerprint density at radius 2 is 1.95 bits per heavy atom. The fraction of sp³-hybridized carbons (Fsp3) is 0.385. The minimum Gasteiger partial charge on any atom is -0.366 e. The molecule has 1 aliphatic rings. The smallest absolute Gasteiger partial charge is 0.161 e. The van der Waals surface area contributed by atoms with Crippen molar-refractivity contribution in [3.05, 3.63) is 30.1 Å². The van der Waals surface area contributed by atoms with Gasteiger partial charge in [-0.15, -0.1) is 0 Å². The van der Waals surface area contributed by atoms with E-state index in [1.54, 1.807) is 0 Å². The third-order valence-electron chi connectivity index (χ3n) is 3.48. The van der Waals surface area contributed by atoms with Gasteiger partial charge < -0.3 is 5.32 Å². The summed E-state index contributed by atoms with van der Waals surface area (Å²) in [4.78, 5) is 7.90. The maximum atomic E-state index is 13.4. The molecular weight excluding hydrogens is 300 g/mol. The molecule has 5 nitrogen and oxygen atoms in total. The number of rotatable bonds is 2. The average molecular weight is 313 g/mol. The lowest BCUT2D eigenvalue weighted by Crippen LogP contribution is -2.35. The molecule has 112 valence electrons. The van der Waals surface area contributed by atoms with Gasteiger partial charge in [-0.25, -0.2) is 27.2 Å². The summed E-state index contributed by atoms with van der Waals surface area (Å²) in [6.45, 7) is 0. The van der Waals surface area contributed by atoms with Crippen molar-refractivity contribution in [3.63, 3.8) is 0 Å². The van der Waals surface area contributed by atoms with Gasteiger partial charge in [0.05, 0.1) is 17.0 Å². The fourth-order valence-electron chi connectivity index (χ4n) is 2.50. The molecule has 1 aromatic heterocycles. The summed E-state index contributed by atoms with van der Waals surface area (Å²) in [5.74, 6) is -1.44. The molecule has 2 heterocycles. The van der Waals surface area contributed by atoms with Crippen molar-refractivity contribution in [3.8, 4) is 0 Å². The summed E-state index contributed by atoms with van der Waals surface area (Å²) in [6.07, 6.45) is 2.50. The Morgan fingerprint density at radius 1 is 1.19 bits per heavy atom. The van der Waals surface area contributed by atoms with E-state index >= 15 is 0 Å². The van der Waals surface area contributed by atoms with Gasteiger partial charge >= 0.3 is 0 Å². The molecule has 0 saturated carbocycles. The first-order chi connectivity index (χ1) is 9.94. The van der Waals surface area contributed by atoms with Crippen LogP contribution in [-0.4, -0.2) is 35.9 Å². The molecule has 3 rings (SSSR count). The van der Waals surface area contributed by atoms with Crippen LogP contribution >= 0.6 is 0 Å². The van der Waals surface area contributed by atoms with Crippen molar-refractivity contribution in [2.24, 2.45) is 0 Å². The SMILES string of the molecule is O=S1(=O)CCC[C@@H](Nc2ncnc3cc(F)c(F)cc23)C1. The number of anilines is 1. The summed E-state index contributed by atoms with van der Waals surface area (Å²) in [7, 11) is -3.06. The molecule has 0 amide bonds. The Hall–Kier alpha value is -1.83. The fourth-order valence-corrected chi connectivity index (χ4v) is 4.13. The third-order valence-corrected chi connectivity index (χ3v) is 5.30. The monoisotopic (exact) mass is 313 g/mol. The van der Waals surface area contributed by atoms with Crippen molar-refractivity contribution in [2.45, 2.75) is 18.9 Å². The second-order valence-corrected chi connectivity index (χ2v) is 7.33. The maximum absolute atomic E-state index is 13.4. The van der Waals surface area contributed by atoms with Crippen molar-refractivity contribution in [2.75, 3.05) is 16.8 Å². The first kappa shape index (κ1) is 14.1. The van der Waals surface area contributed by atoms with Crippen LogP contribution in [0.25, 0.3) is 10.9 Å². The van der Waals surface area contributed by atoms with E-state index in [9.17, 15) is 17.2 Å². The zero-order valence-corrected chi connectivity index (χ0v) is 11.8. The highest BCUT2D eigenvalue weighted by Crippen LogP contribution is 2.24. The van der Waals surface area contributed by atoms with Crippen LogP contribution in [0.4, 0.5) is 14.6 Å². The number of hydrogen-bond donors (Lipinski definition) is 1. The first-order valence-electron chi connectivity index (χ1n) is 6.51. The molecule has 1 N–H and O–H groups in total. The Bertz CT molecular complexity index is 795. The standard InChI is InChI=1S/C13H13F2N3O2S/c14-10-4-9-12(5-11(10)15)16-7-17-13(9)18-8-2-1-3-21(19,20)6-8/h4-5,7-8H,1-3,6H2,(H,16,17,18)/t8-/m1/s1. The van der Waals surface area contributed by atoms with Gasteiger partial charge in [0.25, 0.3) is 0 Å². The lowest BCUT2D eigenvalue weighted by Gasteiger charge is -2.23.